The van der Waals surface area contributed by atoms with Crippen molar-refractivity contribution in [2.24, 2.45) is 0 Å². The average molecular weight is 244 g/mol. The molecule has 3 heterocycles. The Hall–Kier alpha value is -2.21. The first-order valence-corrected chi connectivity index (χ1v) is 5.79. The zero-order valence-electron chi connectivity index (χ0n) is 8.70. The summed E-state index contributed by atoms with van der Waals surface area (Å²) in [6.07, 6.45) is 3.30. The van der Waals surface area contributed by atoms with E-state index in [0.717, 1.165) is 5.01 Å². The van der Waals surface area contributed by atoms with Gasteiger partial charge in [-0.1, -0.05) is 0 Å². The summed E-state index contributed by atoms with van der Waals surface area (Å²) in [5, 5.41) is 2.70. The molecule has 5 nitrogen and oxygen atoms in total. The maximum Gasteiger partial charge on any atom is 0.198 e. The van der Waals surface area contributed by atoms with Crippen molar-refractivity contribution in [2.45, 2.75) is 0 Å². The summed E-state index contributed by atoms with van der Waals surface area (Å²) in [4.78, 5) is 12.7. The summed E-state index contributed by atoms with van der Waals surface area (Å²) in [6.45, 7) is 0. The van der Waals surface area contributed by atoms with Gasteiger partial charge in [-0.05, 0) is 12.1 Å². The van der Waals surface area contributed by atoms with Crippen LogP contribution in [0.2, 0.25) is 0 Å². The van der Waals surface area contributed by atoms with Crippen LogP contribution in [0.4, 0.5) is 5.82 Å². The molecule has 3 rings (SSSR count). The van der Waals surface area contributed by atoms with Gasteiger partial charge in [0.2, 0.25) is 0 Å². The van der Waals surface area contributed by atoms with Crippen LogP contribution in [0.5, 0.6) is 0 Å². The zero-order valence-corrected chi connectivity index (χ0v) is 9.52. The third kappa shape index (κ3) is 1.90. The first-order valence-electron chi connectivity index (χ1n) is 4.91. The van der Waals surface area contributed by atoms with Crippen LogP contribution in [0, 0.1) is 0 Å². The maximum absolute atomic E-state index is 5.76. The number of thiazole rings is 1. The number of nitrogens with zero attached hydrogens (tertiary/aromatic N) is 3. The highest BCUT2D eigenvalue weighted by Crippen LogP contribution is 2.24. The molecule has 0 aliphatic heterocycles. The molecule has 0 saturated heterocycles. The van der Waals surface area contributed by atoms with Crippen molar-refractivity contribution in [1.82, 2.24) is 15.0 Å². The Labute approximate surface area is 101 Å². The molecule has 17 heavy (non-hydrogen) atoms. The number of anilines is 1. The number of aromatic nitrogens is 3. The predicted octanol–water partition coefficient (Wildman–Crippen LogP) is 2.44. The molecule has 2 N–H and O–H groups in total. The van der Waals surface area contributed by atoms with Gasteiger partial charge in [-0.3, -0.25) is 0 Å². The smallest absolute Gasteiger partial charge is 0.198 e. The molecule has 0 spiro atoms. The normalized spacial score (nSPS) is 10.6. The SMILES string of the molecule is Nc1cc(-c2nccs2)nc(-c2ccco2)n1. The lowest BCUT2D eigenvalue weighted by Gasteiger charge is -2.01. The lowest BCUT2D eigenvalue weighted by Crippen LogP contribution is -1.97. The highest BCUT2D eigenvalue weighted by atomic mass is 32.1. The Bertz CT molecular complexity index is 566. The lowest BCUT2D eigenvalue weighted by atomic mass is 10.3. The Balaban J connectivity index is 2.13. The second-order valence-corrected chi connectivity index (χ2v) is 4.21. The van der Waals surface area contributed by atoms with E-state index < -0.39 is 0 Å². The molecule has 0 bridgehead atoms. The monoisotopic (exact) mass is 244 g/mol. The van der Waals surface area contributed by atoms with Crippen LogP contribution in [-0.4, -0.2) is 15.0 Å². The second kappa shape index (κ2) is 3.99. The number of furan rings is 1. The number of nitrogen functional groups attached to an aromatic ring is 1. The van der Waals surface area contributed by atoms with Crippen LogP contribution in [0.1, 0.15) is 0 Å². The highest BCUT2D eigenvalue weighted by Gasteiger charge is 2.10. The number of hydrogen-bond acceptors (Lipinski definition) is 6. The van der Waals surface area contributed by atoms with Gasteiger partial charge in [0, 0.05) is 17.6 Å². The first-order chi connectivity index (χ1) is 8.33. The van der Waals surface area contributed by atoms with Crippen molar-refractivity contribution in [1.29, 1.82) is 0 Å². The molecule has 0 amide bonds. The van der Waals surface area contributed by atoms with Crippen LogP contribution in [0.15, 0.2) is 40.5 Å². The highest BCUT2D eigenvalue weighted by molar-refractivity contribution is 7.13. The van der Waals surface area contributed by atoms with Gasteiger partial charge in [-0.15, -0.1) is 11.3 Å². The van der Waals surface area contributed by atoms with Crippen LogP contribution >= 0.6 is 11.3 Å². The van der Waals surface area contributed by atoms with E-state index in [4.69, 9.17) is 10.2 Å². The van der Waals surface area contributed by atoms with Crippen LogP contribution in [0.3, 0.4) is 0 Å². The first kappa shape index (κ1) is 9.98. The fourth-order valence-electron chi connectivity index (χ4n) is 1.44. The van der Waals surface area contributed by atoms with E-state index >= 15 is 0 Å². The zero-order chi connectivity index (χ0) is 11.7. The third-order valence-corrected chi connectivity index (χ3v) is 2.93. The fourth-order valence-corrected chi connectivity index (χ4v) is 2.04. The molecule has 0 atom stereocenters. The Kier molecular flexibility index (Phi) is 2.34. The number of nitrogens with two attached hydrogens (primary N) is 1. The standard InChI is InChI=1S/C11H8N4OS/c12-9-6-7(11-13-3-5-17-11)14-10(15-9)8-2-1-4-16-8/h1-6H,(H2,12,14,15). The summed E-state index contributed by atoms with van der Waals surface area (Å²) in [5.74, 6) is 1.46. The molecule has 0 aromatic carbocycles. The topological polar surface area (TPSA) is 77.8 Å². The fraction of sp³-hybridized carbons (Fsp3) is 0. The molecule has 0 fully saturated rings. The van der Waals surface area contributed by atoms with Gasteiger partial charge in [0.15, 0.2) is 11.6 Å². The Morgan fingerprint density at radius 2 is 2.24 bits per heavy atom. The van der Waals surface area contributed by atoms with Crippen molar-refractivity contribution < 1.29 is 4.42 Å². The van der Waals surface area contributed by atoms with Crippen molar-refractivity contribution in [2.75, 3.05) is 5.73 Å². The third-order valence-electron chi connectivity index (χ3n) is 2.14. The summed E-state index contributed by atoms with van der Waals surface area (Å²) >= 11 is 1.50. The van der Waals surface area contributed by atoms with E-state index in [1.165, 1.54) is 11.3 Å². The van der Waals surface area contributed by atoms with Gasteiger partial charge in [-0.25, -0.2) is 15.0 Å². The lowest BCUT2D eigenvalue weighted by molar-refractivity contribution is 0.577. The Morgan fingerprint density at radius 1 is 1.29 bits per heavy atom. The number of hydrogen-bond donors (Lipinski definition) is 1. The molecule has 0 saturated carbocycles. The van der Waals surface area contributed by atoms with Crippen molar-refractivity contribution in [3.8, 4) is 22.3 Å². The maximum atomic E-state index is 5.76. The molecule has 0 aliphatic rings. The van der Waals surface area contributed by atoms with E-state index in [0.29, 0.717) is 23.1 Å². The van der Waals surface area contributed by atoms with Crippen molar-refractivity contribution >= 4 is 17.2 Å². The number of rotatable bonds is 2. The molecular weight excluding hydrogens is 236 g/mol. The predicted molar refractivity (Wildman–Crippen MR) is 65.3 cm³/mol. The molecule has 0 radical (unpaired) electrons. The molecule has 3 aromatic heterocycles. The largest absolute Gasteiger partial charge is 0.461 e. The molecule has 6 heteroatoms. The minimum Gasteiger partial charge on any atom is -0.461 e. The van der Waals surface area contributed by atoms with Crippen LogP contribution in [-0.2, 0) is 0 Å². The van der Waals surface area contributed by atoms with E-state index in [-0.39, 0.29) is 0 Å². The Morgan fingerprint density at radius 3 is 2.94 bits per heavy atom. The molecule has 0 aliphatic carbocycles. The summed E-state index contributed by atoms with van der Waals surface area (Å²) in [6, 6.07) is 5.27. The summed E-state index contributed by atoms with van der Waals surface area (Å²) in [5.41, 5.74) is 6.46. The van der Waals surface area contributed by atoms with Crippen LogP contribution < -0.4 is 5.73 Å². The van der Waals surface area contributed by atoms with Gasteiger partial charge in [0.1, 0.15) is 16.5 Å². The molecule has 0 unspecified atom stereocenters. The van der Waals surface area contributed by atoms with E-state index in [1.54, 1.807) is 30.7 Å². The average Bonchev–Trinajstić information content (AvgIpc) is 3.02. The van der Waals surface area contributed by atoms with E-state index in [9.17, 15) is 0 Å². The van der Waals surface area contributed by atoms with Gasteiger partial charge in [0.05, 0.1) is 6.26 Å². The minimum absolute atomic E-state index is 0.400. The quantitative estimate of drug-likeness (QED) is 0.749. The van der Waals surface area contributed by atoms with Crippen LogP contribution in [0.25, 0.3) is 22.3 Å². The summed E-state index contributed by atoms with van der Waals surface area (Å²) in [7, 11) is 0. The minimum atomic E-state index is 0.400. The van der Waals surface area contributed by atoms with Crippen molar-refractivity contribution in [3.63, 3.8) is 0 Å². The van der Waals surface area contributed by atoms with Gasteiger partial charge in [-0.2, -0.15) is 0 Å². The molecular formula is C11H8N4OS. The molecule has 84 valence electrons. The second-order valence-electron chi connectivity index (χ2n) is 3.32. The van der Waals surface area contributed by atoms with Gasteiger partial charge >= 0.3 is 0 Å². The van der Waals surface area contributed by atoms with E-state index in [2.05, 4.69) is 15.0 Å². The molecule has 3 aromatic rings. The van der Waals surface area contributed by atoms with Crippen molar-refractivity contribution in [3.05, 3.63) is 36.0 Å². The van der Waals surface area contributed by atoms with E-state index in [1.807, 2.05) is 5.38 Å². The van der Waals surface area contributed by atoms with Gasteiger partial charge in [0.25, 0.3) is 0 Å². The summed E-state index contributed by atoms with van der Waals surface area (Å²) < 4.78 is 5.25. The van der Waals surface area contributed by atoms with Gasteiger partial charge < -0.3 is 10.2 Å².